The molecule has 2 aromatic carbocycles. The molecule has 0 aliphatic rings. The largest absolute Gasteiger partial charge is 0.376 e. The molecule has 1 nitrogen and oxygen atoms in total. The smallest absolute Gasteiger partial charge is 0.146 e. The Balaban J connectivity index is 2.27. The molecule has 1 N–H and O–H groups in total. The Morgan fingerprint density at radius 1 is 1.11 bits per heavy atom. The molecule has 0 radical (unpaired) electrons. The van der Waals surface area contributed by atoms with Crippen molar-refractivity contribution in [2.45, 2.75) is 26.8 Å². The van der Waals surface area contributed by atoms with Gasteiger partial charge in [0.25, 0.3) is 0 Å². The molecule has 0 amide bonds. The molecule has 0 aromatic heterocycles. The number of halogens is 2. The van der Waals surface area contributed by atoms with E-state index >= 15 is 0 Å². The Kier molecular flexibility index (Phi) is 4.11. The first-order valence-electron chi connectivity index (χ1n) is 6.26. The summed E-state index contributed by atoms with van der Waals surface area (Å²) in [5.74, 6) is -0.290. The Morgan fingerprint density at radius 2 is 1.84 bits per heavy atom. The first-order chi connectivity index (χ1) is 8.97. The van der Waals surface area contributed by atoms with Crippen molar-refractivity contribution in [1.82, 2.24) is 0 Å². The van der Waals surface area contributed by atoms with Crippen molar-refractivity contribution in [1.29, 1.82) is 0 Å². The minimum Gasteiger partial charge on any atom is -0.376 e. The quantitative estimate of drug-likeness (QED) is 0.806. The van der Waals surface area contributed by atoms with Crippen molar-refractivity contribution >= 4 is 17.3 Å². The molecule has 3 heteroatoms. The van der Waals surface area contributed by atoms with Crippen LogP contribution >= 0.6 is 11.6 Å². The molecule has 2 aromatic rings. The SMILES string of the molecule is Cc1ccc(C)c(C(C)Nc2cc(Cl)ccc2F)c1. The van der Waals surface area contributed by atoms with E-state index < -0.39 is 0 Å². The highest BCUT2D eigenvalue weighted by Gasteiger charge is 2.11. The first-order valence-corrected chi connectivity index (χ1v) is 6.64. The molecule has 0 bridgehead atoms. The molecule has 19 heavy (non-hydrogen) atoms. The summed E-state index contributed by atoms with van der Waals surface area (Å²) in [6, 6.07) is 10.8. The zero-order chi connectivity index (χ0) is 14.0. The summed E-state index contributed by atoms with van der Waals surface area (Å²) in [6.45, 7) is 6.12. The van der Waals surface area contributed by atoms with Gasteiger partial charge in [0.05, 0.1) is 5.69 Å². The summed E-state index contributed by atoms with van der Waals surface area (Å²) >= 11 is 5.90. The summed E-state index contributed by atoms with van der Waals surface area (Å²) in [5.41, 5.74) is 3.98. The minimum absolute atomic E-state index is 0.0212. The monoisotopic (exact) mass is 277 g/mol. The van der Waals surface area contributed by atoms with Crippen LogP contribution in [0.25, 0.3) is 0 Å². The summed E-state index contributed by atoms with van der Waals surface area (Å²) in [6.07, 6.45) is 0. The molecule has 1 atom stereocenters. The lowest BCUT2D eigenvalue weighted by Crippen LogP contribution is -2.09. The van der Waals surface area contributed by atoms with Crippen LogP contribution in [0.2, 0.25) is 5.02 Å². The summed E-state index contributed by atoms with van der Waals surface area (Å²) in [5, 5.41) is 3.70. The van der Waals surface area contributed by atoms with E-state index in [2.05, 4.69) is 37.4 Å². The van der Waals surface area contributed by atoms with Gasteiger partial charge in [-0.3, -0.25) is 0 Å². The van der Waals surface area contributed by atoms with Crippen LogP contribution in [-0.2, 0) is 0 Å². The van der Waals surface area contributed by atoms with Crippen LogP contribution in [0.5, 0.6) is 0 Å². The lowest BCUT2D eigenvalue weighted by Gasteiger charge is -2.19. The van der Waals surface area contributed by atoms with Gasteiger partial charge in [0, 0.05) is 11.1 Å². The predicted octanol–water partition coefficient (Wildman–Crippen LogP) is 5.27. The van der Waals surface area contributed by atoms with E-state index in [-0.39, 0.29) is 11.9 Å². The molecule has 0 aliphatic heterocycles. The van der Waals surface area contributed by atoms with Gasteiger partial charge in [-0.05, 0) is 50.1 Å². The molecule has 0 saturated heterocycles. The van der Waals surface area contributed by atoms with Gasteiger partial charge in [-0.15, -0.1) is 0 Å². The third kappa shape index (κ3) is 3.27. The summed E-state index contributed by atoms with van der Waals surface area (Å²) in [7, 11) is 0. The van der Waals surface area contributed by atoms with E-state index in [0.29, 0.717) is 10.7 Å². The van der Waals surface area contributed by atoms with Crippen molar-refractivity contribution in [3.05, 3.63) is 63.9 Å². The fraction of sp³-hybridized carbons (Fsp3) is 0.250. The zero-order valence-corrected chi connectivity index (χ0v) is 12.1. The molecular formula is C16H17ClFN. The molecule has 2 rings (SSSR count). The van der Waals surface area contributed by atoms with Gasteiger partial charge < -0.3 is 5.32 Å². The highest BCUT2D eigenvalue weighted by atomic mass is 35.5. The average molecular weight is 278 g/mol. The van der Waals surface area contributed by atoms with Crippen molar-refractivity contribution in [2.75, 3.05) is 5.32 Å². The third-order valence-corrected chi connectivity index (χ3v) is 3.44. The maximum Gasteiger partial charge on any atom is 0.146 e. The van der Waals surface area contributed by atoms with Crippen molar-refractivity contribution in [2.24, 2.45) is 0 Å². The van der Waals surface area contributed by atoms with Crippen LogP contribution in [0.15, 0.2) is 36.4 Å². The van der Waals surface area contributed by atoms with Crippen molar-refractivity contribution in [3.8, 4) is 0 Å². The predicted molar refractivity (Wildman–Crippen MR) is 79.4 cm³/mol. The van der Waals surface area contributed by atoms with Crippen LogP contribution < -0.4 is 5.32 Å². The average Bonchev–Trinajstić information content (AvgIpc) is 2.36. The normalized spacial score (nSPS) is 12.3. The number of hydrogen-bond acceptors (Lipinski definition) is 1. The molecule has 0 heterocycles. The number of aryl methyl sites for hydroxylation is 2. The Bertz CT molecular complexity index is 595. The van der Waals surface area contributed by atoms with Gasteiger partial charge in [0.15, 0.2) is 0 Å². The van der Waals surface area contributed by atoms with E-state index in [1.807, 2.05) is 6.92 Å². The maximum atomic E-state index is 13.7. The first kappa shape index (κ1) is 13.9. The van der Waals surface area contributed by atoms with Crippen LogP contribution in [0.3, 0.4) is 0 Å². The number of benzene rings is 2. The fourth-order valence-corrected chi connectivity index (χ4v) is 2.32. The van der Waals surface area contributed by atoms with Gasteiger partial charge in [0.1, 0.15) is 5.82 Å². The third-order valence-electron chi connectivity index (χ3n) is 3.20. The van der Waals surface area contributed by atoms with Gasteiger partial charge >= 0.3 is 0 Å². The molecule has 0 saturated carbocycles. The second-order valence-corrected chi connectivity index (χ2v) is 5.29. The molecule has 0 aliphatic carbocycles. The van der Waals surface area contributed by atoms with Crippen molar-refractivity contribution < 1.29 is 4.39 Å². The standard InChI is InChI=1S/C16H17ClFN/c1-10-4-5-11(2)14(8-10)12(3)19-16-9-13(17)6-7-15(16)18/h4-9,12,19H,1-3H3. The van der Waals surface area contributed by atoms with Gasteiger partial charge in [-0.25, -0.2) is 4.39 Å². The summed E-state index contributed by atoms with van der Waals surface area (Å²) in [4.78, 5) is 0. The summed E-state index contributed by atoms with van der Waals surface area (Å²) < 4.78 is 13.7. The fourth-order valence-electron chi connectivity index (χ4n) is 2.15. The topological polar surface area (TPSA) is 12.0 Å². The maximum absolute atomic E-state index is 13.7. The van der Waals surface area contributed by atoms with Crippen LogP contribution in [0.4, 0.5) is 10.1 Å². The molecular weight excluding hydrogens is 261 g/mol. The lowest BCUT2D eigenvalue weighted by molar-refractivity contribution is 0.627. The van der Waals surface area contributed by atoms with Crippen LogP contribution in [-0.4, -0.2) is 0 Å². The second-order valence-electron chi connectivity index (χ2n) is 4.85. The zero-order valence-electron chi connectivity index (χ0n) is 11.3. The minimum atomic E-state index is -0.290. The molecule has 1 unspecified atom stereocenters. The van der Waals surface area contributed by atoms with Crippen molar-refractivity contribution in [3.63, 3.8) is 0 Å². The Morgan fingerprint density at radius 3 is 2.58 bits per heavy atom. The molecule has 100 valence electrons. The highest BCUT2D eigenvalue weighted by molar-refractivity contribution is 6.30. The second kappa shape index (κ2) is 5.62. The van der Waals surface area contributed by atoms with Gasteiger partial charge in [-0.1, -0.05) is 35.4 Å². The highest BCUT2D eigenvalue weighted by Crippen LogP contribution is 2.26. The lowest BCUT2D eigenvalue weighted by atomic mass is 10.00. The number of hydrogen-bond donors (Lipinski definition) is 1. The van der Waals surface area contributed by atoms with E-state index in [1.165, 1.54) is 22.8 Å². The Hall–Kier alpha value is -1.54. The van der Waals surface area contributed by atoms with E-state index in [4.69, 9.17) is 11.6 Å². The van der Waals surface area contributed by atoms with E-state index in [0.717, 1.165) is 0 Å². The molecule has 0 fully saturated rings. The van der Waals surface area contributed by atoms with Gasteiger partial charge in [0.2, 0.25) is 0 Å². The van der Waals surface area contributed by atoms with Crippen LogP contribution in [0, 0.1) is 19.7 Å². The van der Waals surface area contributed by atoms with E-state index in [1.54, 1.807) is 12.1 Å². The van der Waals surface area contributed by atoms with E-state index in [9.17, 15) is 4.39 Å². The molecule has 0 spiro atoms. The number of rotatable bonds is 3. The number of nitrogens with one attached hydrogen (secondary N) is 1. The Labute approximate surface area is 118 Å². The van der Waals surface area contributed by atoms with Gasteiger partial charge in [-0.2, -0.15) is 0 Å². The number of anilines is 1. The van der Waals surface area contributed by atoms with Crippen LogP contribution in [0.1, 0.15) is 29.7 Å².